The van der Waals surface area contributed by atoms with E-state index in [9.17, 15) is 14.9 Å². The van der Waals surface area contributed by atoms with Crippen LogP contribution in [0, 0.1) is 10.1 Å². The predicted molar refractivity (Wildman–Crippen MR) is 56.4 cm³/mol. The van der Waals surface area contributed by atoms with E-state index in [2.05, 4.69) is 0 Å². The van der Waals surface area contributed by atoms with Gasteiger partial charge in [-0.05, 0) is 6.07 Å². The lowest BCUT2D eigenvalue weighted by Gasteiger charge is -1.98. The average Bonchev–Trinajstić information content (AvgIpc) is 2.20. The highest BCUT2D eigenvalue weighted by Crippen LogP contribution is 2.27. The minimum atomic E-state index is -1.28. The number of carboxylic acids is 1. The molecule has 0 aromatic heterocycles. The molecule has 0 aliphatic heterocycles. The molecule has 0 bridgehead atoms. The first-order valence-electron chi connectivity index (χ1n) is 4.20. The fraction of sp³-hybridized carbons (Fsp3) is 0.222. The van der Waals surface area contributed by atoms with Crippen LogP contribution in [0.2, 0.25) is 5.02 Å². The highest BCUT2D eigenvalue weighted by atomic mass is 35.5. The van der Waals surface area contributed by atoms with Crippen molar-refractivity contribution in [3.63, 3.8) is 0 Å². The van der Waals surface area contributed by atoms with Crippen LogP contribution in [-0.4, -0.2) is 16.0 Å². The van der Waals surface area contributed by atoms with Gasteiger partial charge in [-0.3, -0.25) is 10.1 Å². The van der Waals surface area contributed by atoms with Gasteiger partial charge in [-0.15, -0.1) is 0 Å². The topological polar surface area (TPSA) is 80.4 Å². The van der Waals surface area contributed by atoms with Crippen LogP contribution in [-0.2, 0) is 0 Å². The normalized spacial score (nSPS) is 8.73. The molecule has 0 heterocycles. The molecule has 0 amide bonds. The summed E-state index contributed by atoms with van der Waals surface area (Å²) in [6.45, 7) is 4.00. The van der Waals surface area contributed by atoms with Crippen molar-refractivity contribution in [1.82, 2.24) is 0 Å². The fourth-order valence-electron chi connectivity index (χ4n) is 0.826. The molecule has 0 radical (unpaired) electrons. The molecule has 5 nitrogen and oxygen atoms in total. The molecule has 1 aromatic carbocycles. The first-order valence-corrected chi connectivity index (χ1v) is 4.58. The zero-order chi connectivity index (χ0) is 12.0. The highest BCUT2D eigenvalue weighted by Gasteiger charge is 2.18. The summed E-state index contributed by atoms with van der Waals surface area (Å²) in [5, 5.41) is 18.5. The molecule has 0 fully saturated rings. The third kappa shape index (κ3) is 3.21. The monoisotopic (exact) mass is 231 g/mol. The number of halogens is 1. The molecule has 15 heavy (non-hydrogen) atoms. The van der Waals surface area contributed by atoms with Gasteiger partial charge in [0.15, 0.2) is 0 Å². The Morgan fingerprint density at radius 2 is 2.00 bits per heavy atom. The van der Waals surface area contributed by atoms with Crippen molar-refractivity contribution < 1.29 is 14.8 Å². The summed E-state index contributed by atoms with van der Waals surface area (Å²) < 4.78 is 0. The van der Waals surface area contributed by atoms with Crippen LogP contribution in [0.4, 0.5) is 5.69 Å². The van der Waals surface area contributed by atoms with Crippen LogP contribution < -0.4 is 0 Å². The Labute approximate surface area is 91.4 Å². The standard InChI is InChI=1S/C7H4ClNO4.C2H6/c8-6-4(7(10)11)2-1-3-5(6)9(12)13;1-2/h1-3H,(H,10,11);1-2H3. The van der Waals surface area contributed by atoms with E-state index in [1.165, 1.54) is 12.1 Å². The van der Waals surface area contributed by atoms with E-state index < -0.39 is 16.6 Å². The predicted octanol–water partition coefficient (Wildman–Crippen LogP) is 2.97. The number of carboxylic acid groups (broad SMARTS) is 1. The molecule has 1 N–H and O–H groups in total. The van der Waals surface area contributed by atoms with Crippen LogP contribution in [0.3, 0.4) is 0 Å². The molecule has 0 unspecified atom stereocenters. The molecule has 6 heteroatoms. The van der Waals surface area contributed by atoms with Crippen LogP contribution in [0.15, 0.2) is 18.2 Å². The van der Waals surface area contributed by atoms with E-state index in [1.54, 1.807) is 0 Å². The molecule has 0 spiro atoms. The van der Waals surface area contributed by atoms with E-state index >= 15 is 0 Å². The van der Waals surface area contributed by atoms with E-state index in [0.29, 0.717) is 0 Å². The van der Waals surface area contributed by atoms with Gasteiger partial charge in [0.1, 0.15) is 5.02 Å². The first-order chi connectivity index (χ1) is 7.04. The molecule has 0 aliphatic rings. The van der Waals surface area contributed by atoms with Crippen LogP contribution in [0.1, 0.15) is 24.2 Å². The molecule has 1 aromatic rings. The number of rotatable bonds is 2. The Morgan fingerprint density at radius 1 is 1.47 bits per heavy atom. The lowest BCUT2D eigenvalue weighted by Crippen LogP contribution is -1.99. The van der Waals surface area contributed by atoms with Gasteiger partial charge in [-0.25, -0.2) is 4.79 Å². The Kier molecular flexibility index (Phi) is 5.33. The fourth-order valence-corrected chi connectivity index (χ4v) is 1.10. The van der Waals surface area contributed by atoms with Crippen molar-refractivity contribution in [2.24, 2.45) is 0 Å². The van der Waals surface area contributed by atoms with Gasteiger partial charge in [0.05, 0.1) is 10.5 Å². The maximum atomic E-state index is 10.5. The largest absolute Gasteiger partial charge is 0.478 e. The van der Waals surface area contributed by atoms with Gasteiger partial charge < -0.3 is 5.11 Å². The summed E-state index contributed by atoms with van der Waals surface area (Å²) in [7, 11) is 0. The second kappa shape index (κ2) is 5.98. The van der Waals surface area contributed by atoms with Gasteiger partial charge in [0.25, 0.3) is 5.69 Å². The molecule has 0 atom stereocenters. The lowest BCUT2D eigenvalue weighted by atomic mass is 10.2. The Bertz CT molecular complexity index is 346. The number of aromatic carboxylic acids is 1. The number of hydrogen-bond acceptors (Lipinski definition) is 3. The van der Waals surface area contributed by atoms with Crippen LogP contribution >= 0.6 is 11.6 Å². The van der Waals surface area contributed by atoms with Crippen LogP contribution in [0.5, 0.6) is 0 Å². The average molecular weight is 232 g/mol. The number of carbonyl (C=O) groups is 1. The van der Waals surface area contributed by atoms with Gasteiger partial charge in [-0.2, -0.15) is 0 Å². The lowest BCUT2D eigenvalue weighted by molar-refractivity contribution is -0.384. The van der Waals surface area contributed by atoms with Gasteiger partial charge in [-0.1, -0.05) is 31.5 Å². The highest BCUT2D eigenvalue weighted by molar-refractivity contribution is 6.35. The van der Waals surface area contributed by atoms with Crippen molar-refractivity contribution in [1.29, 1.82) is 0 Å². The van der Waals surface area contributed by atoms with Crippen molar-refractivity contribution >= 4 is 23.3 Å². The van der Waals surface area contributed by atoms with E-state index in [4.69, 9.17) is 16.7 Å². The Balaban J connectivity index is 0.000000921. The van der Waals surface area contributed by atoms with Crippen molar-refractivity contribution in [2.45, 2.75) is 13.8 Å². The maximum Gasteiger partial charge on any atom is 0.337 e. The van der Waals surface area contributed by atoms with E-state index in [-0.39, 0.29) is 10.6 Å². The third-order valence-electron chi connectivity index (χ3n) is 1.41. The van der Waals surface area contributed by atoms with E-state index in [1.807, 2.05) is 13.8 Å². The summed E-state index contributed by atoms with van der Waals surface area (Å²) in [6.07, 6.45) is 0. The van der Waals surface area contributed by atoms with Crippen LogP contribution in [0.25, 0.3) is 0 Å². The van der Waals surface area contributed by atoms with Crippen molar-refractivity contribution in [2.75, 3.05) is 0 Å². The Hall–Kier alpha value is -1.62. The van der Waals surface area contributed by atoms with Gasteiger partial charge >= 0.3 is 5.97 Å². The molecule has 0 saturated carbocycles. The molecule has 82 valence electrons. The number of nitro benzene ring substituents is 1. The second-order valence-corrected chi connectivity index (χ2v) is 2.58. The summed E-state index contributed by atoms with van der Waals surface area (Å²) in [6, 6.07) is 3.62. The molecular weight excluding hydrogens is 222 g/mol. The number of nitrogens with zero attached hydrogens (tertiary/aromatic N) is 1. The maximum absolute atomic E-state index is 10.5. The zero-order valence-electron chi connectivity index (χ0n) is 8.23. The zero-order valence-corrected chi connectivity index (χ0v) is 8.99. The third-order valence-corrected chi connectivity index (χ3v) is 1.80. The molecule has 0 aliphatic carbocycles. The molecular formula is C9H10ClNO4. The smallest absolute Gasteiger partial charge is 0.337 e. The minimum Gasteiger partial charge on any atom is -0.478 e. The number of benzene rings is 1. The number of nitro groups is 1. The second-order valence-electron chi connectivity index (χ2n) is 2.20. The summed E-state index contributed by atoms with van der Waals surface area (Å²) in [4.78, 5) is 20.1. The van der Waals surface area contributed by atoms with E-state index in [0.717, 1.165) is 6.07 Å². The minimum absolute atomic E-state index is 0.268. The van der Waals surface area contributed by atoms with Crippen molar-refractivity contribution in [3.05, 3.63) is 38.9 Å². The van der Waals surface area contributed by atoms with Gasteiger partial charge in [0, 0.05) is 6.07 Å². The van der Waals surface area contributed by atoms with Crippen molar-refractivity contribution in [3.8, 4) is 0 Å². The molecule has 1 rings (SSSR count). The summed E-state index contributed by atoms with van der Waals surface area (Å²) >= 11 is 5.48. The summed E-state index contributed by atoms with van der Waals surface area (Å²) in [5.41, 5.74) is -0.669. The first kappa shape index (κ1) is 13.4. The number of hydrogen-bond donors (Lipinski definition) is 1. The summed E-state index contributed by atoms with van der Waals surface area (Å²) in [5.74, 6) is -1.28. The SMILES string of the molecule is CC.O=C(O)c1cccc([N+](=O)[O-])c1Cl. The molecule has 0 saturated heterocycles. The Morgan fingerprint density at radius 3 is 2.40 bits per heavy atom. The quantitative estimate of drug-likeness (QED) is 0.627. The van der Waals surface area contributed by atoms with Gasteiger partial charge in [0.2, 0.25) is 0 Å².